The fraction of sp³-hybridized carbons (Fsp3) is 0.250. The minimum atomic E-state index is -2.09. The Morgan fingerprint density at radius 3 is 2.50 bits per heavy atom. The third-order valence-corrected chi connectivity index (χ3v) is 4.65. The standard InChI is InChI=1S/C16H12Cl2F3N5O.ClH/c1-8(13-12(21)14(17)23-6-22-13)16(27,5-26-7-24-15(18)25-26)10-3-2-9(19)4-11(10)20;/h2-4,6-8,27H,5H2,1H3;1H/t8-,16+;/m0./s1. The SMILES string of the molecule is C[C@@H](c1ncnc(Cl)c1F)[C@](O)(Cn1cnc(Cl)n1)c1ccc(F)cc1F.Cl. The molecule has 0 spiro atoms. The molecule has 0 fully saturated rings. The first kappa shape index (κ1) is 22.4. The maximum atomic E-state index is 14.5. The van der Waals surface area contributed by atoms with Crippen LogP contribution in [0, 0.1) is 17.5 Å². The molecule has 3 rings (SSSR count). The molecule has 0 saturated carbocycles. The van der Waals surface area contributed by atoms with Crippen molar-refractivity contribution >= 4 is 35.6 Å². The molecule has 28 heavy (non-hydrogen) atoms. The van der Waals surface area contributed by atoms with E-state index >= 15 is 0 Å². The van der Waals surface area contributed by atoms with Crippen molar-refractivity contribution in [2.24, 2.45) is 0 Å². The number of hydrogen-bond acceptors (Lipinski definition) is 5. The van der Waals surface area contributed by atoms with Gasteiger partial charge >= 0.3 is 0 Å². The number of hydrogen-bond donors (Lipinski definition) is 1. The lowest BCUT2D eigenvalue weighted by Gasteiger charge is -2.34. The second-order valence-electron chi connectivity index (χ2n) is 5.84. The number of rotatable bonds is 5. The van der Waals surface area contributed by atoms with E-state index in [4.69, 9.17) is 23.2 Å². The Morgan fingerprint density at radius 1 is 1.18 bits per heavy atom. The van der Waals surface area contributed by atoms with E-state index in [2.05, 4.69) is 20.1 Å². The highest BCUT2D eigenvalue weighted by Crippen LogP contribution is 2.40. The molecule has 0 amide bonds. The summed E-state index contributed by atoms with van der Waals surface area (Å²) in [6, 6.07) is 2.67. The molecule has 1 aromatic carbocycles. The fourth-order valence-electron chi connectivity index (χ4n) is 2.78. The van der Waals surface area contributed by atoms with Crippen LogP contribution < -0.4 is 0 Å². The largest absolute Gasteiger partial charge is 0.382 e. The van der Waals surface area contributed by atoms with Crippen LogP contribution in [0.2, 0.25) is 10.4 Å². The molecule has 0 aliphatic carbocycles. The average molecular weight is 455 g/mol. The van der Waals surface area contributed by atoms with Crippen LogP contribution in [-0.2, 0) is 12.1 Å². The van der Waals surface area contributed by atoms with Crippen LogP contribution in [0.25, 0.3) is 0 Å². The van der Waals surface area contributed by atoms with Crippen LogP contribution in [0.4, 0.5) is 13.2 Å². The molecular weight excluding hydrogens is 442 g/mol. The Kier molecular flexibility index (Phi) is 6.87. The van der Waals surface area contributed by atoms with E-state index in [-0.39, 0.29) is 35.5 Å². The van der Waals surface area contributed by atoms with Crippen LogP contribution in [0.3, 0.4) is 0 Å². The highest BCUT2D eigenvalue weighted by molar-refractivity contribution is 6.29. The van der Waals surface area contributed by atoms with Crippen LogP contribution >= 0.6 is 35.6 Å². The van der Waals surface area contributed by atoms with Gasteiger partial charge in [0.25, 0.3) is 0 Å². The zero-order valence-corrected chi connectivity index (χ0v) is 16.5. The van der Waals surface area contributed by atoms with Gasteiger partial charge in [-0.1, -0.05) is 24.6 Å². The van der Waals surface area contributed by atoms with Gasteiger partial charge in [0.15, 0.2) is 11.0 Å². The molecule has 2 atom stereocenters. The molecule has 1 N–H and O–H groups in total. The number of halogens is 6. The lowest BCUT2D eigenvalue weighted by atomic mass is 9.79. The van der Waals surface area contributed by atoms with Gasteiger partial charge in [0.1, 0.15) is 29.9 Å². The Bertz CT molecular complexity index is 990. The summed E-state index contributed by atoms with van der Waals surface area (Å²) in [7, 11) is 0. The van der Waals surface area contributed by atoms with Crippen molar-refractivity contribution < 1.29 is 18.3 Å². The summed E-state index contributed by atoms with van der Waals surface area (Å²) in [5.41, 5.74) is -2.61. The van der Waals surface area contributed by atoms with Gasteiger partial charge < -0.3 is 5.11 Å². The smallest absolute Gasteiger partial charge is 0.242 e. The van der Waals surface area contributed by atoms with Crippen LogP contribution in [0.15, 0.2) is 30.9 Å². The first-order valence-electron chi connectivity index (χ1n) is 7.61. The Morgan fingerprint density at radius 2 is 1.89 bits per heavy atom. The summed E-state index contributed by atoms with van der Waals surface area (Å²) in [6.07, 6.45) is 2.23. The summed E-state index contributed by atoms with van der Waals surface area (Å²) in [6.45, 7) is 1.06. The monoisotopic (exact) mass is 453 g/mol. The van der Waals surface area contributed by atoms with E-state index < -0.39 is 34.1 Å². The molecule has 0 aliphatic heterocycles. The maximum Gasteiger partial charge on any atom is 0.242 e. The molecule has 12 heteroatoms. The molecule has 0 aliphatic rings. The van der Waals surface area contributed by atoms with Gasteiger partial charge in [-0.2, -0.15) is 0 Å². The number of nitrogens with zero attached hydrogens (tertiary/aromatic N) is 5. The van der Waals surface area contributed by atoms with Crippen molar-refractivity contribution in [3.8, 4) is 0 Å². The van der Waals surface area contributed by atoms with E-state index in [1.54, 1.807) is 0 Å². The van der Waals surface area contributed by atoms with Gasteiger partial charge in [-0.15, -0.1) is 17.5 Å². The van der Waals surface area contributed by atoms with Crippen molar-refractivity contribution in [1.82, 2.24) is 24.7 Å². The lowest BCUT2D eigenvalue weighted by Crippen LogP contribution is -2.39. The molecule has 0 saturated heterocycles. The Hall–Kier alpha value is -1.94. The molecule has 2 aromatic heterocycles. The van der Waals surface area contributed by atoms with Gasteiger partial charge in [-0.25, -0.2) is 32.8 Å². The third-order valence-electron chi connectivity index (χ3n) is 4.21. The van der Waals surface area contributed by atoms with Crippen molar-refractivity contribution in [3.63, 3.8) is 0 Å². The van der Waals surface area contributed by atoms with E-state index in [0.29, 0.717) is 6.07 Å². The van der Waals surface area contributed by atoms with E-state index in [1.807, 2.05) is 0 Å². The van der Waals surface area contributed by atoms with Crippen LogP contribution in [-0.4, -0.2) is 29.8 Å². The van der Waals surface area contributed by atoms with Crippen molar-refractivity contribution in [2.75, 3.05) is 0 Å². The quantitative estimate of drug-likeness (QED) is 0.592. The number of aromatic nitrogens is 5. The predicted molar refractivity (Wildman–Crippen MR) is 97.9 cm³/mol. The van der Waals surface area contributed by atoms with Crippen LogP contribution in [0.1, 0.15) is 24.1 Å². The van der Waals surface area contributed by atoms with Crippen molar-refractivity contribution in [1.29, 1.82) is 0 Å². The molecular formula is C16H13Cl3F3N5O. The molecule has 0 unspecified atom stereocenters. The minimum absolute atomic E-state index is 0. The summed E-state index contributed by atoms with van der Waals surface area (Å²) in [4.78, 5) is 11.1. The minimum Gasteiger partial charge on any atom is -0.382 e. The topological polar surface area (TPSA) is 76.7 Å². The molecule has 2 heterocycles. The van der Waals surface area contributed by atoms with E-state index in [0.717, 1.165) is 23.1 Å². The molecule has 3 aromatic rings. The molecule has 0 radical (unpaired) electrons. The van der Waals surface area contributed by atoms with Gasteiger partial charge in [-0.3, -0.25) is 0 Å². The highest BCUT2D eigenvalue weighted by Gasteiger charge is 2.42. The van der Waals surface area contributed by atoms with Gasteiger partial charge in [-0.05, 0) is 17.7 Å². The average Bonchev–Trinajstić information content (AvgIpc) is 3.01. The molecule has 6 nitrogen and oxygen atoms in total. The van der Waals surface area contributed by atoms with E-state index in [9.17, 15) is 18.3 Å². The summed E-state index contributed by atoms with van der Waals surface area (Å²) >= 11 is 11.4. The third kappa shape index (κ3) is 4.22. The number of benzene rings is 1. The maximum absolute atomic E-state index is 14.5. The number of aliphatic hydroxyl groups is 1. The Balaban J connectivity index is 0.00000280. The van der Waals surface area contributed by atoms with Crippen molar-refractivity contribution in [3.05, 3.63) is 70.0 Å². The summed E-state index contributed by atoms with van der Waals surface area (Å²) in [5.74, 6) is -3.92. The fourth-order valence-corrected chi connectivity index (χ4v) is 3.06. The van der Waals surface area contributed by atoms with Crippen molar-refractivity contribution in [2.45, 2.75) is 25.0 Å². The van der Waals surface area contributed by atoms with Gasteiger partial charge in [0.2, 0.25) is 5.28 Å². The second-order valence-corrected chi connectivity index (χ2v) is 6.54. The summed E-state index contributed by atoms with van der Waals surface area (Å²) in [5, 5.41) is 14.7. The lowest BCUT2D eigenvalue weighted by molar-refractivity contribution is -0.0133. The molecule has 0 bridgehead atoms. The first-order chi connectivity index (χ1) is 12.7. The second kappa shape index (κ2) is 8.60. The molecule has 150 valence electrons. The zero-order valence-electron chi connectivity index (χ0n) is 14.2. The predicted octanol–water partition coefficient (Wildman–Crippen LogP) is 3.91. The first-order valence-corrected chi connectivity index (χ1v) is 8.36. The normalized spacial score (nSPS) is 14.2. The van der Waals surface area contributed by atoms with Crippen LogP contribution in [0.5, 0.6) is 0 Å². The summed E-state index contributed by atoms with van der Waals surface area (Å²) < 4.78 is 43.4. The van der Waals surface area contributed by atoms with Gasteiger partial charge in [0.05, 0.1) is 12.2 Å². The zero-order chi connectivity index (χ0) is 19.8. The highest BCUT2D eigenvalue weighted by atomic mass is 35.5. The Labute approximate surface area is 173 Å². The van der Waals surface area contributed by atoms with E-state index in [1.165, 1.54) is 13.3 Å². The van der Waals surface area contributed by atoms with Gasteiger partial charge in [0, 0.05) is 17.5 Å².